The molecule has 0 radical (unpaired) electrons. The van der Waals surface area contributed by atoms with Crippen LogP contribution in [0.4, 0.5) is 5.69 Å². The largest absolute Gasteiger partial charge is 0.326 e. The van der Waals surface area contributed by atoms with E-state index in [9.17, 15) is 4.79 Å². The number of aromatic nitrogens is 1. The summed E-state index contributed by atoms with van der Waals surface area (Å²) < 4.78 is 0.894. The van der Waals surface area contributed by atoms with Gasteiger partial charge in [0.2, 0.25) is 5.91 Å². The highest BCUT2D eigenvalue weighted by Crippen LogP contribution is 2.23. The maximum atomic E-state index is 12.5. The molecule has 1 heterocycles. The summed E-state index contributed by atoms with van der Waals surface area (Å²) in [6, 6.07) is 13.2. The van der Waals surface area contributed by atoms with Gasteiger partial charge in [-0.05, 0) is 53.0 Å². The van der Waals surface area contributed by atoms with Gasteiger partial charge in [-0.25, -0.2) is 0 Å². The predicted octanol–water partition coefficient (Wildman–Crippen LogP) is 5.61. The van der Waals surface area contributed by atoms with Crippen molar-refractivity contribution < 1.29 is 4.79 Å². The molecule has 23 heavy (non-hydrogen) atoms. The highest BCUT2D eigenvalue weighted by Gasteiger charge is 2.21. The van der Waals surface area contributed by atoms with Gasteiger partial charge in [-0.15, -0.1) is 11.6 Å². The fourth-order valence-electron chi connectivity index (χ4n) is 2.04. The number of amides is 1. The number of halogens is 2. The van der Waals surface area contributed by atoms with Gasteiger partial charge in [-0.2, -0.15) is 0 Å². The van der Waals surface area contributed by atoms with E-state index in [1.807, 2.05) is 56.3 Å². The first-order valence-corrected chi connectivity index (χ1v) is 9.07. The number of carbonyl (C=O) groups is 1. The van der Waals surface area contributed by atoms with Crippen LogP contribution in [0.15, 0.2) is 53.1 Å². The van der Waals surface area contributed by atoms with Gasteiger partial charge in [0.25, 0.3) is 0 Å². The molecule has 1 unspecified atom stereocenters. The number of hydrogen-bond acceptors (Lipinski definition) is 2. The second-order valence-electron chi connectivity index (χ2n) is 4.64. The van der Waals surface area contributed by atoms with Crippen molar-refractivity contribution in [3.8, 4) is 0 Å². The van der Waals surface area contributed by atoms with Gasteiger partial charge < -0.3 is 5.32 Å². The molecule has 3 nitrogen and oxygen atoms in total. The van der Waals surface area contributed by atoms with Crippen molar-refractivity contribution in [2.45, 2.75) is 32.6 Å². The molecular weight excluding hydrogens is 376 g/mol. The smallest absolute Gasteiger partial charge is 0.233 e. The van der Waals surface area contributed by atoms with Gasteiger partial charge in [-0.1, -0.05) is 32.0 Å². The first-order valence-electron chi connectivity index (χ1n) is 7.74. The summed E-state index contributed by atoms with van der Waals surface area (Å²) in [7, 11) is 0. The summed E-state index contributed by atoms with van der Waals surface area (Å²) in [5.74, 6) is 0.184. The van der Waals surface area contributed by atoms with Gasteiger partial charge in [0.1, 0.15) is 0 Å². The molecule has 0 saturated carbocycles. The molecule has 1 N–H and O–H groups in total. The van der Waals surface area contributed by atoms with Gasteiger partial charge in [0.05, 0.1) is 11.6 Å². The van der Waals surface area contributed by atoms with Crippen LogP contribution in [0.1, 0.15) is 38.3 Å². The fourth-order valence-corrected chi connectivity index (χ4v) is 2.43. The SMILES string of the molecule is CC.O=C(Nc1ccccc1)C(CCCCl)c1ccc(Br)cn1. The van der Waals surface area contributed by atoms with Crippen molar-refractivity contribution in [2.24, 2.45) is 0 Å². The van der Waals surface area contributed by atoms with Crippen LogP contribution < -0.4 is 5.32 Å². The lowest BCUT2D eigenvalue weighted by Gasteiger charge is -2.16. The molecule has 0 saturated heterocycles. The third-order valence-corrected chi connectivity index (χ3v) is 3.83. The summed E-state index contributed by atoms with van der Waals surface area (Å²) in [4.78, 5) is 16.8. The number of pyridine rings is 1. The van der Waals surface area contributed by atoms with Crippen molar-refractivity contribution in [3.63, 3.8) is 0 Å². The standard InChI is InChI=1S/C16H16BrClN2O.C2H6/c17-12-8-9-15(19-11-12)14(7-4-10-18)16(21)20-13-5-2-1-3-6-13;1-2/h1-3,5-6,8-9,11,14H,4,7,10H2,(H,20,21);1-2H3. The van der Waals surface area contributed by atoms with Crippen LogP contribution in [-0.4, -0.2) is 16.8 Å². The normalized spacial score (nSPS) is 11.1. The van der Waals surface area contributed by atoms with Crippen molar-refractivity contribution in [2.75, 3.05) is 11.2 Å². The third-order valence-electron chi connectivity index (χ3n) is 3.09. The second-order valence-corrected chi connectivity index (χ2v) is 5.93. The number of para-hydroxylation sites is 1. The molecule has 1 aromatic heterocycles. The summed E-state index contributed by atoms with van der Waals surface area (Å²) in [6.07, 6.45) is 3.15. The molecule has 0 aliphatic rings. The summed E-state index contributed by atoms with van der Waals surface area (Å²) in [5, 5.41) is 2.93. The molecule has 5 heteroatoms. The van der Waals surface area contributed by atoms with Gasteiger partial charge in [0, 0.05) is 22.2 Å². The molecule has 0 fully saturated rings. The molecule has 124 valence electrons. The number of alkyl halides is 1. The maximum Gasteiger partial charge on any atom is 0.233 e. The Bertz CT molecular complexity index is 575. The minimum Gasteiger partial charge on any atom is -0.326 e. The zero-order valence-electron chi connectivity index (χ0n) is 13.4. The van der Waals surface area contributed by atoms with E-state index >= 15 is 0 Å². The number of anilines is 1. The van der Waals surface area contributed by atoms with E-state index in [1.165, 1.54) is 0 Å². The number of nitrogens with one attached hydrogen (secondary N) is 1. The molecule has 1 aromatic carbocycles. The molecule has 0 aliphatic carbocycles. The Morgan fingerprint density at radius 3 is 2.48 bits per heavy atom. The van der Waals surface area contributed by atoms with E-state index in [-0.39, 0.29) is 11.8 Å². The zero-order valence-corrected chi connectivity index (χ0v) is 15.8. The zero-order chi connectivity index (χ0) is 17.1. The lowest BCUT2D eigenvalue weighted by Crippen LogP contribution is -2.22. The highest BCUT2D eigenvalue weighted by atomic mass is 79.9. The van der Waals surface area contributed by atoms with Crippen LogP contribution in [0.5, 0.6) is 0 Å². The Hall–Kier alpha value is -1.39. The van der Waals surface area contributed by atoms with Crippen LogP contribution in [0.25, 0.3) is 0 Å². The van der Waals surface area contributed by atoms with Crippen LogP contribution in [0, 0.1) is 0 Å². The van der Waals surface area contributed by atoms with Gasteiger partial charge >= 0.3 is 0 Å². The van der Waals surface area contributed by atoms with Crippen LogP contribution in [-0.2, 0) is 4.79 Å². The second kappa shape index (κ2) is 11.2. The quantitative estimate of drug-likeness (QED) is 0.643. The number of benzene rings is 1. The Kier molecular flexibility index (Phi) is 9.57. The number of hydrogen-bond donors (Lipinski definition) is 1. The molecule has 2 rings (SSSR count). The molecular formula is C18H22BrClN2O. The van der Waals surface area contributed by atoms with Crippen molar-refractivity contribution in [1.29, 1.82) is 0 Å². The van der Waals surface area contributed by atoms with Crippen molar-refractivity contribution in [1.82, 2.24) is 4.98 Å². The first-order chi connectivity index (χ1) is 11.2. The van der Waals surface area contributed by atoms with E-state index in [4.69, 9.17) is 11.6 Å². The predicted molar refractivity (Wildman–Crippen MR) is 101 cm³/mol. The minimum atomic E-state index is -0.294. The van der Waals surface area contributed by atoms with Crippen LogP contribution in [0.3, 0.4) is 0 Å². The van der Waals surface area contributed by atoms with Gasteiger partial charge in [-0.3, -0.25) is 9.78 Å². The minimum absolute atomic E-state index is 0.0545. The Morgan fingerprint density at radius 2 is 1.91 bits per heavy atom. The molecule has 2 aromatic rings. The average Bonchev–Trinajstić information content (AvgIpc) is 2.59. The van der Waals surface area contributed by atoms with Crippen LogP contribution in [0.2, 0.25) is 0 Å². The first kappa shape index (κ1) is 19.7. The molecule has 1 amide bonds. The van der Waals surface area contributed by atoms with E-state index in [1.54, 1.807) is 6.20 Å². The van der Waals surface area contributed by atoms with E-state index in [2.05, 4.69) is 26.2 Å². The molecule has 0 spiro atoms. The summed E-state index contributed by atoms with van der Waals surface area (Å²) in [6.45, 7) is 4.00. The fraction of sp³-hybridized carbons (Fsp3) is 0.333. The number of nitrogens with zero attached hydrogens (tertiary/aromatic N) is 1. The van der Waals surface area contributed by atoms with Crippen LogP contribution >= 0.6 is 27.5 Å². The van der Waals surface area contributed by atoms with E-state index in [0.29, 0.717) is 12.3 Å². The number of carbonyl (C=O) groups excluding carboxylic acids is 1. The Morgan fingerprint density at radius 1 is 1.22 bits per heavy atom. The molecule has 1 atom stereocenters. The lowest BCUT2D eigenvalue weighted by atomic mass is 9.98. The van der Waals surface area contributed by atoms with E-state index in [0.717, 1.165) is 22.3 Å². The molecule has 0 bridgehead atoms. The van der Waals surface area contributed by atoms with E-state index < -0.39 is 0 Å². The van der Waals surface area contributed by atoms with Crippen molar-refractivity contribution >= 4 is 39.1 Å². The maximum absolute atomic E-state index is 12.5. The monoisotopic (exact) mass is 396 g/mol. The highest BCUT2D eigenvalue weighted by molar-refractivity contribution is 9.10. The lowest BCUT2D eigenvalue weighted by molar-refractivity contribution is -0.117. The Balaban J connectivity index is 0.00000127. The third kappa shape index (κ3) is 6.71. The summed E-state index contributed by atoms with van der Waals surface area (Å²) in [5.41, 5.74) is 1.55. The molecule has 0 aliphatic heterocycles. The van der Waals surface area contributed by atoms with Crippen molar-refractivity contribution in [3.05, 3.63) is 58.8 Å². The Labute approximate surface area is 151 Å². The van der Waals surface area contributed by atoms with Gasteiger partial charge in [0.15, 0.2) is 0 Å². The summed E-state index contributed by atoms with van der Waals surface area (Å²) >= 11 is 9.12. The topological polar surface area (TPSA) is 42.0 Å². The number of rotatable bonds is 6. The average molecular weight is 398 g/mol.